The van der Waals surface area contributed by atoms with Crippen LogP contribution in [0.5, 0.6) is 0 Å². The van der Waals surface area contributed by atoms with Gasteiger partial charge in [-0.3, -0.25) is 9.59 Å². The minimum absolute atomic E-state index is 0.0208. The number of aromatic nitrogens is 2. The lowest BCUT2D eigenvalue weighted by Crippen LogP contribution is -2.55. The molecule has 1 unspecified atom stereocenters. The molecule has 2 amide bonds. The Morgan fingerprint density at radius 3 is 2.81 bits per heavy atom. The fraction of sp³-hybridized carbons (Fsp3) is 0.444. The Morgan fingerprint density at radius 1 is 1.19 bits per heavy atom. The molecular formula is C18H20N4O3S. The van der Waals surface area contributed by atoms with Crippen molar-refractivity contribution in [3.63, 3.8) is 0 Å². The number of carbonyl (C=O) groups is 2. The van der Waals surface area contributed by atoms with Gasteiger partial charge in [0.1, 0.15) is 6.61 Å². The number of carbonyl (C=O) groups excluding carboxylic acids is 2. The van der Waals surface area contributed by atoms with E-state index in [0.717, 1.165) is 18.5 Å². The average Bonchev–Trinajstić information content (AvgIpc) is 3.14. The maximum atomic E-state index is 12.5. The molecule has 136 valence electrons. The number of amides is 2. The molecule has 2 aromatic rings. The van der Waals surface area contributed by atoms with Gasteiger partial charge >= 0.3 is 0 Å². The van der Waals surface area contributed by atoms with E-state index >= 15 is 0 Å². The summed E-state index contributed by atoms with van der Waals surface area (Å²) in [6.07, 6.45) is 2.36. The van der Waals surface area contributed by atoms with Gasteiger partial charge in [-0.2, -0.15) is 0 Å². The first-order chi connectivity index (χ1) is 12.7. The summed E-state index contributed by atoms with van der Waals surface area (Å²) in [5.41, 5.74) is 0.890. The van der Waals surface area contributed by atoms with Crippen molar-refractivity contribution in [3.05, 3.63) is 41.4 Å². The summed E-state index contributed by atoms with van der Waals surface area (Å²) in [6.45, 7) is 1.86. The van der Waals surface area contributed by atoms with Crippen LogP contribution >= 0.6 is 11.5 Å². The quantitative estimate of drug-likeness (QED) is 0.806. The number of hydrogen-bond donors (Lipinski definition) is 0. The monoisotopic (exact) mass is 372 g/mol. The first-order valence-corrected chi connectivity index (χ1v) is 9.56. The maximum absolute atomic E-state index is 12.5. The van der Waals surface area contributed by atoms with Crippen LogP contribution in [0, 0.1) is 0 Å². The van der Waals surface area contributed by atoms with Gasteiger partial charge in [0.15, 0.2) is 5.69 Å². The molecule has 0 N–H and O–H groups in total. The van der Waals surface area contributed by atoms with Crippen LogP contribution in [0.15, 0.2) is 35.7 Å². The molecular weight excluding hydrogens is 352 g/mol. The second-order valence-electron chi connectivity index (χ2n) is 6.72. The fourth-order valence-corrected chi connectivity index (χ4v) is 4.08. The number of anilines is 1. The normalized spacial score (nSPS) is 23.9. The number of ether oxygens (including phenoxy) is 1. The van der Waals surface area contributed by atoms with Gasteiger partial charge in [-0.1, -0.05) is 22.7 Å². The van der Waals surface area contributed by atoms with Crippen molar-refractivity contribution >= 4 is 29.0 Å². The van der Waals surface area contributed by atoms with E-state index in [4.69, 9.17) is 4.74 Å². The molecule has 26 heavy (non-hydrogen) atoms. The summed E-state index contributed by atoms with van der Waals surface area (Å²) in [5.74, 6) is -0.102. The molecule has 3 heterocycles. The van der Waals surface area contributed by atoms with E-state index in [0.29, 0.717) is 31.7 Å². The predicted molar refractivity (Wildman–Crippen MR) is 97.1 cm³/mol. The van der Waals surface area contributed by atoms with Crippen molar-refractivity contribution < 1.29 is 14.3 Å². The Bertz CT molecular complexity index is 783. The summed E-state index contributed by atoms with van der Waals surface area (Å²) in [5, 5.41) is 5.56. The highest BCUT2D eigenvalue weighted by molar-refractivity contribution is 7.03. The number of para-hydroxylation sites is 1. The van der Waals surface area contributed by atoms with Crippen molar-refractivity contribution in [1.82, 2.24) is 14.5 Å². The summed E-state index contributed by atoms with van der Waals surface area (Å²) in [7, 11) is 0. The van der Waals surface area contributed by atoms with Gasteiger partial charge in [0.05, 0.1) is 12.1 Å². The summed E-state index contributed by atoms with van der Waals surface area (Å²) >= 11 is 1.18. The molecule has 7 nitrogen and oxygen atoms in total. The molecule has 2 fully saturated rings. The number of morpholine rings is 1. The van der Waals surface area contributed by atoms with E-state index in [1.165, 1.54) is 11.5 Å². The van der Waals surface area contributed by atoms with Crippen molar-refractivity contribution in [2.75, 3.05) is 31.1 Å². The number of benzene rings is 1. The second kappa shape index (κ2) is 7.13. The van der Waals surface area contributed by atoms with Gasteiger partial charge in [-0.15, -0.1) is 5.10 Å². The SMILES string of the molecule is O=C(c1csnn1)N1CCCC2(CC1)CN(c1ccccc1)C(=O)CO2. The summed E-state index contributed by atoms with van der Waals surface area (Å²) < 4.78 is 9.79. The molecule has 1 atom stereocenters. The molecule has 0 radical (unpaired) electrons. The lowest BCUT2D eigenvalue weighted by atomic mass is 9.92. The van der Waals surface area contributed by atoms with Gasteiger partial charge < -0.3 is 14.5 Å². The third-order valence-corrected chi connectivity index (χ3v) is 5.59. The van der Waals surface area contributed by atoms with Crippen molar-refractivity contribution in [2.24, 2.45) is 0 Å². The topological polar surface area (TPSA) is 75.6 Å². The molecule has 2 aliphatic heterocycles. The Morgan fingerprint density at radius 2 is 2.04 bits per heavy atom. The van der Waals surface area contributed by atoms with Crippen LogP contribution in [-0.4, -0.2) is 58.1 Å². The van der Waals surface area contributed by atoms with Crippen LogP contribution < -0.4 is 4.90 Å². The van der Waals surface area contributed by atoms with Gasteiger partial charge in [0.2, 0.25) is 0 Å². The van der Waals surface area contributed by atoms with Crippen molar-refractivity contribution in [1.29, 1.82) is 0 Å². The standard InChI is InChI=1S/C18H20N4O3S/c23-16-11-25-18(13-22(16)14-5-2-1-3-6-14)7-4-9-21(10-8-18)17(24)15-12-26-20-19-15/h1-3,5-6,12H,4,7-11,13H2. The molecule has 0 saturated carbocycles. The lowest BCUT2D eigenvalue weighted by molar-refractivity contribution is -0.140. The highest BCUT2D eigenvalue weighted by Crippen LogP contribution is 2.33. The first-order valence-electron chi connectivity index (χ1n) is 8.73. The van der Waals surface area contributed by atoms with Crippen molar-refractivity contribution in [2.45, 2.75) is 24.9 Å². The Labute approximate surface area is 155 Å². The smallest absolute Gasteiger partial charge is 0.275 e. The lowest BCUT2D eigenvalue weighted by Gasteiger charge is -2.42. The van der Waals surface area contributed by atoms with E-state index in [1.54, 1.807) is 5.38 Å². The summed E-state index contributed by atoms with van der Waals surface area (Å²) in [4.78, 5) is 28.5. The number of rotatable bonds is 2. The predicted octanol–water partition coefficient (Wildman–Crippen LogP) is 1.97. The number of nitrogens with zero attached hydrogens (tertiary/aromatic N) is 4. The molecule has 0 bridgehead atoms. The Hall–Kier alpha value is -2.32. The van der Waals surface area contributed by atoms with E-state index in [2.05, 4.69) is 9.59 Å². The van der Waals surface area contributed by atoms with E-state index in [9.17, 15) is 9.59 Å². The molecule has 4 rings (SSSR count). The minimum atomic E-state index is -0.404. The molecule has 0 aliphatic carbocycles. The van der Waals surface area contributed by atoms with Crippen molar-refractivity contribution in [3.8, 4) is 0 Å². The zero-order valence-electron chi connectivity index (χ0n) is 14.3. The zero-order chi connectivity index (χ0) is 18.0. The van der Waals surface area contributed by atoms with Crippen LogP contribution in [0.4, 0.5) is 5.69 Å². The van der Waals surface area contributed by atoms with Crippen LogP contribution in [-0.2, 0) is 9.53 Å². The average molecular weight is 372 g/mol. The Kier molecular flexibility index (Phi) is 4.69. The molecule has 1 spiro atoms. The van der Waals surface area contributed by atoms with E-state index < -0.39 is 5.60 Å². The first kappa shape index (κ1) is 17.1. The molecule has 1 aromatic heterocycles. The summed E-state index contributed by atoms with van der Waals surface area (Å²) in [6, 6.07) is 9.68. The highest BCUT2D eigenvalue weighted by Gasteiger charge is 2.42. The van der Waals surface area contributed by atoms with E-state index in [1.807, 2.05) is 40.1 Å². The van der Waals surface area contributed by atoms with Gasteiger partial charge in [-0.25, -0.2) is 0 Å². The third kappa shape index (κ3) is 3.34. The molecule has 1 aromatic carbocycles. The molecule has 2 saturated heterocycles. The number of likely N-dealkylation sites (tertiary alicyclic amines) is 1. The number of hydrogen-bond acceptors (Lipinski definition) is 6. The van der Waals surface area contributed by atoms with Gasteiger partial charge in [0, 0.05) is 24.2 Å². The van der Waals surface area contributed by atoms with E-state index in [-0.39, 0.29) is 18.4 Å². The highest BCUT2D eigenvalue weighted by atomic mass is 32.1. The van der Waals surface area contributed by atoms with Crippen LogP contribution in [0.1, 0.15) is 29.8 Å². The maximum Gasteiger partial charge on any atom is 0.275 e. The zero-order valence-corrected chi connectivity index (χ0v) is 15.2. The molecule has 2 aliphatic rings. The second-order valence-corrected chi connectivity index (χ2v) is 7.33. The Balaban J connectivity index is 1.49. The van der Waals surface area contributed by atoms with Crippen LogP contribution in [0.2, 0.25) is 0 Å². The minimum Gasteiger partial charge on any atom is -0.363 e. The van der Waals surface area contributed by atoms with Gasteiger partial charge in [-0.05, 0) is 42.9 Å². The molecule has 8 heteroatoms. The van der Waals surface area contributed by atoms with Crippen LogP contribution in [0.25, 0.3) is 0 Å². The fourth-order valence-electron chi connectivity index (χ4n) is 3.65. The third-order valence-electron chi connectivity index (χ3n) is 5.08. The largest absolute Gasteiger partial charge is 0.363 e. The van der Waals surface area contributed by atoms with Gasteiger partial charge in [0.25, 0.3) is 11.8 Å². The van der Waals surface area contributed by atoms with Crippen LogP contribution in [0.3, 0.4) is 0 Å².